The van der Waals surface area contributed by atoms with Gasteiger partial charge < -0.3 is 10.0 Å². The minimum Gasteiger partial charge on any atom is -0.480 e. The zero-order valence-corrected chi connectivity index (χ0v) is 11.1. The summed E-state index contributed by atoms with van der Waals surface area (Å²) in [6.07, 6.45) is 3.76. The molecule has 1 fully saturated rings. The molecule has 0 atom stereocenters. The second-order valence-electron chi connectivity index (χ2n) is 5.39. The third kappa shape index (κ3) is 2.95. The number of para-hydroxylation sites is 1. The number of carboxylic acid groups (broad SMARTS) is 1. The molecule has 0 aliphatic heterocycles. The summed E-state index contributed by atoms with van der Waals surface area (Å²) in [6, 6.07) is 9.03. The molecule has 1 saturated carbocycles. The Labute approximate surface area is 113 Å². The van der Waals surface area contributed by atoms with Gasteiger partial charge in [-0.05, 0) is 25.0 Å². The maximum atomic E-state index is 12.7. The summed E-state index contributed by atoms with van der Waals surface area (Å²) in [4.78, 5) is 25.1. The van der Waals surface area contributed by atoms with Crippen molar-refractivity contribution in [1.82, 2.24) is 0 Å². The second-order valence-corrected chi connectivity index (χ2v) is 5.39. The molecule has 1 amide bonds. The molecule has 0 aromatic heterocycles. The fraction of sp³-hybridized carbons (Fsp3) is 0.467. The van der Waals surface area contributed by atoms with Crippen molar-refractivity contribution in [3.05, 3.63) is 30.3 Å². The van der Waals surface area contributed by atoms with E-state index in [1.54, 1.807) is 12.1 Å². The van der Waals surface area contributed by atoms with E-state index in [1.165, 1.54) is 4.90 Å². The van der Waals surface area contributed by atoms with Gasteiger partial charge in [0.15, 0.2) is 0 Å². The molecule has 0 bridgehead atoms. The molecule has 4 nitrogen and oxygen atoms in total. The van der Waals surface area contributed by atoms with E-state index in [9.17, 15) is 9.59 Å². The van der Waals surface area contributed by atoms with Crippen LogP contribution in [0.4, 0.5) is 5.69 Å². The van der Waals surface area contributed by atoms with Crippen LogP contribution in [-0.4, -0.2) is 23.5 Å². The molecule has 4 heteroatoms. The van der Waals surface area contributed by atoms with Gasteiger partial charge in [0.2, 0.25) is 5.91 Å². The van der Waals surface area contributed by atoms with Crippen molar-refractivity contribution in [2.24, 2.45) is 5.41 Å². The third-order valence-electron chi connectivity index (χ3n) is 3.83. The topological polar surface area (TPSA) is 57.6 Å². The number of nitrogens with zero attached hydrogens (tertiary/aromatic N) is 1. The number of hydrogen-bond donors (Lipinski definition) is 1. The van der Waals surface area contributed by atoms with E-state index < -0.39 is 11.4 Å². The minimum atomic E-state index is -0.987. The molecule has 1 aliphatic carbocycles. The second kappa shape index (κ2) is 5.43. The Morgan fingerprint density at radius 2 is 1.79 bits per heavy atom. The Morgan fingerprint density at radius 3 is 2.32 bits per heavy atom. The first-order chi connectivity index (χ1) is 9.03. The predicted octanol–water partition coefficient (Wildman–Crippen LogP) is 2.68. The molecular formula is C15H19NO3. The number of aliphatic carboxylic acids is 1. The Balaban J connectivity index is 2.27. The zero-order valence-electron chi connectivity index (χ0n) is 11.1. The summed E-state index contributed by atoms with van der Waals surface area (Å²) in [7, 11) is 0. The summed E-state index contributed by atoms with van der Waals surface area (Å²) in [6.45, 7) is 1.67. The van der Waals surface area contributed by atoms with Gasteiger partial charge in [-0.2, -0.15) is 0 Å². The number of hydrogen-bond acceptors (Lipinski definition) is 2. The number of amides is 1. The third-order valence-corrected chi connectivity index (χ3v) is 3.83. The number of benzene rings is 1. The van der Waals surface area contributed by atoms with Crippen molar-refractivity contribution >= 4 is 17.6 Å². The first-order valence-electron chi connectivity index (χ1n) is 6.62. The highest BCUT2D eigenvalue weighted by molar-refractivity contribution is 6.00. The zero-order chi connectivity index (χ0) is 13.9. The van der Waals surface area contributed by atoms with Crippen LogP contribution in [0.3, 0.4) is 0 Å². The summed E-state index contributed by atoms with van der Waals surface area (Å²) < 4.78 is 0. The smallest absolute Gasteiger partial charge is 0.323 e. The molecule has 1 N–H and O–H groups in total. The Morgan fingerprint density at radius 1 is 1.21 bits per heavy atom. The maximum Gasteiger partial charge on any atom is 0.323 e. The van der Waals surface area contributed by atoms with Gasteiger partial charge in [0.1, 0.15) is 6.54 Å². The monoisotopic (exact) mass is 261 g/mol. The molecule has 1 aromatic carbocycles. The molecule has 102 valence electrons. The van der Waals surface area contributed by atoms with Gasteiger partial charge in [-0.3, -0.25) is 9.59 Å². The number of carboxylic acids is 1. The Bertz CT molecular complexity index is 464. The quantitative estimate of drug-likeness (QED) is 0.906. The maximum absolute atomic E-state index is 12.7. The predicted molar refractivity (Wildman–Crippen MR) is 73.0 cm³/mol. The first kappa shape index (κ1) is 13.6. The van der Waals surface area contributed by atoms with Crippen LogP contribution in [0.15, 0.2) is 30.3 Å². The standard InChI is InChI=1S/C15H19NO3/c1-15(9-5-6-10-15)14(19)16(11-13(17)18)12-7-3-2-4-8-12/h2-4,7-8H,5-6,9-11H2,1H3,(H,17,18). The van der Waals surface area contributed by atoms with Crippen LogP contribution in [0, 0.1) is 5.41 Å². The fourth-order valence-corrected chi connectivity index (χ4v) is 2.72. The normalized spacial score (nSPS) is 17.1. The van der Waals surface area contributed by atoms with E-state index in [4.69, 9.17) is 5.11 Å². The van der Waals surface area contributed by atoms with Crippen molar-refractivity contribution in [1.29, 1.82) is 0 Å². The average Bonchev–Trinajstić information content (AvgIpc) is 2.84. The number of carbonyl (C=O) groups excluding carboxylic acids is 1. The van der Waals surface area contributed by atoms with Crippen LogP contribution < -0.4 is 4.90 Å². The Hall–Kier alpha value is -1.84. The lowest BCUT2D eigenvalue weighted by Gasteiger charge is -2.30. The molecular weight excluding hydrogens is 242 g/mol. The van der Waals surface area contributed by atoms with Crippen LogP contribution in [-0.2, 0) is 9.59 Å². The first-order valence-corrected chi connectivity index (χ1v) is 6.62. The largest absolute Gasteiger partial charge is 0.480 e. The van der Waals surface area contributed by atoms with Gasteiger partial charge >= 0.3 is 5.97 Å². The summed E-state index contributed by atoms with van der Waals surface area (Å²) in [5.41, 5.74) is 0.244. The molecule has 0 spiro atoms. The van der Waals surface area contributed by atoms with Crippen molar-refractivity contribution < 1.29 is 14.7 Å². The van der Waals surface area contributed by atoms with E-state index in [0.717, 1.165) is 25.7 Å². The van der Waals surface area contributed by atoms with Gasteiger partial charge in [0.05, 0.1) is 0 Å². The lowest BCUT2D eigenvalue weighted by atomic mass is 9.87. The van der Waals surface area contributed by atoms with Crippen molar-refractivity contribution in [3.63, 3.8) is 0 Å². The molecule has 0 saturated heterocycles. The lowest BCUT2D eigenvalue weighted by molar-refractivity contribution is -0.137. The van der Waals surface area contributed by atoms with Crippen LogP contribution in [0.5, 0.6) is 0 Å². The molecule has 2 rings (SSSR count). The number of carbonyl (C=O) groups is 2. The Kier molecular flexibility index (Phi) is 3.88. The molecule has 19 heavy (non-hydrogen) atoms. The van der Waals surface area contributed by atoms with E-state index in [-0.39, 0.29) is 12.5 Å². The molecule has 1 aromatic rings. The fourth-order valence-electron chi connectivity index (χ4n) is 2.72. The van der Waals surface area contributed by atoms with Gasteiger partial charge in [0.25, 0.3) is 0 Å². The molecule has 0 radical (unpaired) electrons. The van der Waals surface area contributed by atoms with E-state index in [0.29, 0.717) is 5.69 Å². The lowest BCUT2D eigenvalue weighted by Crippen LogP contribution is -2.44. The van der Waals surface area contributed by atoms with Crippen LogP contribution in [0.2, 0.25) is 0 Å². The van der Waals surface area contributed by atoms with E-state index in [2.05, 4.69) is 0 Å². The van der Waals surface area contributed by atoms with Gasteiger partial charge in [-0.25, -0.2) is 0 Å². The highest BCUT2D eigenvalue weighted by atomic mass is 16.4. The van der Waals surface area contributed by atoms with Crippen LogP contribution >= 0.6 is 0 Å². The minimum absolute atomic E-state index is 0.0707. The van der Waals surface area contributed by atoms with Crippen LogP contribution in [0.1, 0.15) is 32.6 Å². The van der Waals surface area contributed by atoms with E-state index >= 15 is 0 Å². The summed E-state index contributed by atoms with van der Waals surface area (Å²) in [5.74, 6) is -1.06. The van der Waals surface area contributed by atoms with E-state index in [1.807, 2.05) is 25.1 Å². The number of rotatable bonds is 4. The van der Waals surface area contributed by atoms with Crippen molar-refractivity contribution in [2.75, 3.05) is 11.4 Å². The highest BCUT2D eigenvalue weighted by Crippen LogP contribution is 2.40. The summed E-state index contributed by atoms with van der Waals surface area (Å²) >= 11 is 0. The number of anilines is 1. The average molecular weight is 261 g/mol. The van der Waals surface area contributed by atoms with Gasteiger partial charge in [-0.1, -0.05) is 38.0 Å². The van der Waals surface area contributed by atoms with Gasteiger partial charge in [0, 0.05) is 11.1 Å². The van der Waals surface area contributed by atoms with Crippen molar-refractivity contribution in [3.8, 4) is 0 Å². The molecule has 0 unspecified atom stereocenters. The highest BCUT2D eigenvalue weighted by Gasteiger charge is 2.40. The molecule has 0 heterocycles. The summed E-state index contributed by atoms with van der Waals surface area (Å²) in [5, 5.41) is 9.03. The van der Waals surface area contributed by atoms with Gasteiger partial charge in [-0.15, -0.1) is 0 Å². The molecule has 1 aliphatic rings. The van der Waals surface area contributed by atoms with Crippen LogP contribution in [0.25, 0.3) is 0 Å². The SMILES string of the molecule is CC1(C(=O)N(CC(=O)O)c2ccccc2)CCCC1. The van der Waals surface area contributed by atoms with Crippen molar-refractivity contribution in [2.45, 2.75) is 32.6 Å².